The van der Waals surface area contributed by atoms with Crippen LogP contribution in [0.25, 0.3) is 0 Å². The van der Waals surface area contributed by atoms with Crippen LogP contribution >= 0.6 is 0 Å². The zero-order valence-electron chi connectivity index (χ0n) is 19.4. The second-order valence-corrected chi connectivity index (χ2v) is 11.3. The molecule has 1 aliphatic heterocycles. The average molecular weight is 435 g/mol. The van der Waals surface area contributed by atoms with Gasteiger partial charge in [0.25, 0.3) is 0 Å². The molecule has 4 heteroatoms. The molecule has 6 rings (SSSR count). The second kappa shape index (κ2) is 6.87. The maximum absolute atomic E-state index is 13.4. The van der Waals surface area contributed by atoms with E-state index in [2.05, 4.69) is 6.92 Å². The van der Waals surface area contributed by atoms with Crippen LogP contribution in [0.1, 0.15) is 71.3 Å². The molecule has 5 aliphatic rings. The Kier molecular flexibility index (Phi) is 4.46. The lowest BCUT2D eigenvalue weighted by Gasteiger charge is -2.55. The molecule has 1 heterocycles. The van der Waals surface area contributed by atoms with E-state index in [1.54, 1.807) is 6.92 Å². The van der Waals surface area contributed by atoms with Gasteiger partial charge >= 0.3 is 0 Å². The fourth-order valence-electron chi connectivity index (χ4n) is 8.65. The molecule has 4 nitrogen and oxygen atoms in total. The minimum absolute atomic E-state index is 0.116. The van der Waals surface area contributed by atoms with Crippen LogP contribution in [0.2, 0.25) is 0 Å². The summed E-state index contributed by atoms with van der Waals surface area (Å²) in [4.78, 5) is 25.4. The molecular formula is C28H34O4. The molecule has 0 N–H and O–H groups in total. The fourth-order valence-corrected chi connectivity index (χ4v) is 8.65. The van der Waals surface area contributed by atoms with Crippen LogP contribution in [-0.4, -0.2) is 23.3 Å². The van der Waals surface area contributed by atoms with Gasteiger partial charge in [-0.2, -0.15) is 0 Å². The van der Waals surface area contributed by atoms with Gasteiger partial charge in [0.05, 0.1) is 6.10 Å². The standard InChI is InChI=1S/C28H34O4/c1-17(29)28-25(31-27(3,32-28)19-7-5-4-6-8-19)16-24-23-11-9-18-15-20(30)10-12-21(18)22(23)13-14-26(24,28)2/h4-8,15,21-25H,9-14,16H2,1-3H3/t21-,22+,23+,24+,25+,26+,27+,28-/m0/s1. The molecule has 0 bridgehead atoms. The number of hydrogen-bond donors (Lipinski definition) is 0. The van der Waals surface area contributed by atoms with Gasteiger partial charge in [0.2, 0.25) is 0 Å². The van der Waals surface area contributed by atoms with Crippen molar-refractivity contribution in [2.24, 2.45) is 29.1 Å². The number of ether oxygens (including phenoxy) is 2. The van der Waals surface area contributed by atoms with Crippen molar-refractivity contribution >= 4 is 11.6 Å². The quantitative estimate of drug-likeness (QED) is 0.629. The average Bonchev–Trinajstić information content (AvgIpc) is 3.23. The molecule has 32 heavy (non-hydrogen) atoms. The van der Waals surface area contributed by atoms with Gasteiger partial charge < -0.3 is 9.47 Å². The molecule has 1 aromatic rings. The Bertz CT molecular complexity index is 998. The Hall–Kier alpha value is -1.78. The highest BCUT2D eigenvalue weighted by atomic mass is 16.8. The smallest absolute Gasteiger partial charge is 0.193 e. The molecule has 4 fully saturated rings. The molecule has 0 radical (unpaired) electrons. The largest absolute Gasteiger partial charge is 0.339 e. The molecule has 0 spiro atoms. The monoisotopic (exact) mass is 434 g/mol. The predicted octanol–water partition coefficient (Wildman–Crippen LogP) is 5.35. The molecule has 4 aliphatic carbocycles. The van der Waals surface area contributed by atoms with E-state index >= 15 is 0 Å². The maximum Gasteiger partial charge on any atom is 0.193 e. The van der Waals surface area contributed by atoms with E-state index in [9.17, 15) is 9.59 Å². The number of rotatable bonds is 2. The van der Waals surface area contributed by atoms with Crippen molar-refractivity contribution < 1.29 is 19.1 Å². The summed E-state index contributed by atoms with van der Waals surface area (Å²) in [6.45, 7) is 6.00. The third-order valence-electron chi connectivity index (χ3n) is 10.0. The predicted molar refractivity (Wildman–Crippen MR) is 121 cm³/mol. The van der Waals surface area contributed by atoms with Gasteiger partial charge in [0, 0.05) is 17.4 Å². The molecule has 1 aromatic carbocycles. The number of carbonyl (C=O) groups excluding carboxylic acids is 2. The van der Waals surface area contributed by atoms with Gasteiger partial charge in [-0.25, -0.2) is 0 Å². The van der Waals surface area contributed by atoms with Crippen molar-refractivity contribution in [1.82, 2.24) is 0 Å². The van der Waals surface area contributed by atoms with Crippen molar-refractivity contribution in [3.8, 4) is 0 Å². The van der Waals surface area contributed by atoms with E-state index in [-0.39, 0.29) is 17.3 Å². The number of carbonyl (C=O) groups is 2. The Morgan fingerprint density at radius 3 is 2.56 bits per heavy atom. The first-order chi connectivity index (χ1) is 15.3. The topological polar surface area (TPSA) is 52.6 Å². The molecule has 0 aromatic heterocycles. The second-order valence-electron chi connectivity index (χ2n) is 11.3. The van der Waals surface area contributed by atoms with Gasteiger partial charge in [-0.05, 0) is 82.1 Å². The first-order valence-electron chi connectivity index (χ1n) is 12.5. The highest BCUT2D eigenvalue weighted by molar-refractivity contribution is 5.91. The van der Waals surface area contributed by atoms with Crippen LogP contribution in [0, 0.1) is 29.1 Å². The molecule has 1 saturated heterocycles. The van der Waals surface area contributed by atoms with E-state index in [1.165, 1.54) is 5.57 Å². The van der Waals surface area contributed by atoms with Crippen LogP contribution < -0.4 is 0 Å². The van der Waals surface area contributed by atoms with Crippen molar-refractivity contribution in [2.75, 3.05) is 0 Å². The zero-order chi connectivity index (χ0) is 22.3. The minimum atomic E-state index is -0.894. The first-order valence-corrected chi connectivity index (χ1v) is 12.5. The number of Topliss-reactive ketones (excluding diaryl/α,β-unsaturated/α-hetero) is 1. The molecule has 0 amide bonds. The zero-order valence-corrected chi connectivity index (χ0v) is 19.4. The van der Waals surface area contributed by atoms with E-state index in [4.69, 9.17) is 9.47 Å². The van der Waals surface area contributed by atoms with Crippen molar-refractivity contribution in [3.63, 3.8) is 0 Å². The lowest BCUT2D eigenvalue weighted by atomic mass is 9.50. The van der Waals surface area contributed by atoms with Crippen LogP contribution in [0.5, 0.6) is 0 Å². The first kappa shape index (κ1) is 20.8. The summed E-state index contributed by atoms with van der Waals surface area (Å²) in [7, 11) is 0. The van der Waals surface area contributed by atoms with Crippen molar-refractivity contribution in [3.05, 3.63) is 47.5 Å². The highest BCUT2D eigenvalue weighted by Gasteiger charge is 2.75. The van der Waals surface area contributed by atoms with Crippen LogP contribution in [0.15, 0.2) is 42.0 Å². The van der Waals surface area contributed by atoms with Gasteiger partial charge in [-0.3, -0.25) is 9.59 Å². The Morgan fingerprint density at radius 2 is 1.81 bits per heavy atom. The maximum atomic E-state index is 13.4. The third kappa shape index (κ3) is 2.57. The minimum Gasteiger partial charge on any atom is -0.339 e. The number of fused-ring (bicyclic) bond motifs is 7. The van der Waals surface area contributed by atoms with E-state index in [1.807, 2.05) is 43.3 Å². The fraction of sp³-hybridized carbons (Fsp3) is 0.643. The van der Waals surface area contributed by atoms with Gasteiger partial charge in [-0.15, -0.1) is 0 Å². The summed E-state index contributed by atoms with van der Waals surface area (Å²) >= 11 is 0. The third-order valence-corrected chi connectivity index (χ3v) is 10.0. The van der Waals surface area contributed by atoms with Gasteiger partial charge in [0.1, 0.15) is 0 Å². The summed E-state index contributed by atoms with van der Waals surface area (Å²) in [6, 6.07) is 10.1. The summed E-state index contributed by atoms with van der Waals surface area (Å²) in [5.41, 5.74) is 1.27. The van der Waals surface area contributed by atoms with E-state index in [0.717, 1.165) is 44.1 Å². The number of hydrogen-bond acceptors (Lipinski definition) is 4. The summed E-state index contributed by atoms with van der Waals surface area (Å²) in [5, 5.41) is 0. The number of allylic oxidation sites excluding steroid dienone is 1. The summed E-state index contributed by atoms with van der Waals surface area (Å²) < 4.78 is 13.5. The normalized spacial score (nSPS) is 47.2. The van der Waals surface area contributed by atoms with Crippen LogP contribution in [0.3, 0.4) is 0 Å². The van der Waals surface area contributed by atoms with Crippen LogP contribution in [0.4, 0.5) is 0 Å². The summed E-state index contributed by atoms with van der Waals surface area (Å²) in [5.74, 6) is 1.73. The number of benzene rings is 1. The van der Waals surface area contributed by atoms with Gasteiger partial charge in [0.15, 0.2) is 23.0 Å². The van der Waals surface area contributed by atoms with E-state index < -0.39 is 11.4 Å². The van der Waals surface area contributed by atoms with Crippen molar-refractivity contribution in [2.45, 2.75) is 83.2 Å². The lowest BCUT2D eigenvalue weighted by molar-refractivity contribution is -0.226. The van der Waals surface area contributed by atoms with E-state index in [0.29, 0.717) is 35.9 Å². The Labute approximate surface area is 190 Å². The van der Waals surface area contributed by atoms with Gasteiger partial charge in [-0.1, -0.05) is 42.8 Å². The Morgan fingerprint density at radius 1 is 1.03 bits per heavy atom. The van der Waals surface area contributed by atoms with Crippen molar-refractivity contribution in [1.29, 1.82) is 0 Å². The molecule has 3 saturated carbocycles. The van der Waals surface area contributed by atoms with Crippen LogP contribution in [-0.2, 0) is 24.8 Å². The number of ketones is 2. The molecule has 0 unspecified atom stereocenters. The molecule has 170 valence electrons. The SMILES string of the molecule is CC(=O)[C@]12O[C@](C)(c3ccccc3)O[C@@H]1C[C@@H]1[C@@H]3CCC4=CC(=O)CC[C@@H]4[C@H]3CC[C@]12C. The lowest BCUT2D eigenvalue weighted by Crippen LogP contribution is -2.59. The molecule has 8 atom stereocenters. The summed E-state index contributed by atoms with van der Waals surface area (Å²) in [6.07, 6.45) is 8.60. The molecular weight excluding hydrogens is 400 g/mol. The highest BCUT2D eigenvalue weighted by Crippen LogP contribution is 2.69. The Balaban J connectivity index is 1.36.